The molecule has 0 amide bonds. The minimum Gasteiger partial charge on any atom is -0.350 e. The van der Waals surface area contributed by atoms with Crippen LogP contribution in [-0.2, 0) is 0 Å². The molecule has 1 atom stereocenters. The fourth-order valence-electron chi connectivity index (χ4n) is 3.26. The molecule has 1 aromatic carbocycles. The number of hydrogen-bond acceptors (Lipinski definition) is 5. The summed E-state index contributed by atoms with van der Waals surface area (Å²) in [6.07, 6.45) is 9.88. The van der Waals surface area contributed by atoms with Gasteiger partial charge in [0.25, 0.3) is 0 Å². The normalized spacial score (nSPS) is 15.6. The van der Waals surface area contributed by atoms with Crippen molar-refractivity contribution in [1.29, 1.82) is 0 Å². The highest BCUT2D eigenvalue weighted by Gasteiger charge is 2.28. The van der Waals surface area contributed by atoms with E-state index in [9.17, 15) is 0 Å². The molecular formula is C19H18N6. The third kappa shape index (κ3) is 2.59. The smallest absolute Gasteiger partial charge is 0.241 e. The minimum atomic E-state index is 0.423. The molecule has 6 heteroatoms. The average Bonchev–Trinajstić information content (AvgIpc) is 3.41. The lowest BCUT2D eigenvalue weighted by Crippen LogP contribution is -2.19. The van der Waals surface area contributed by atoms with Gasteiger partial charge in [0.05, 0.1) is 22.7 Å². The van der Waals surface area contributed by atoms with Crippen LogP contribution in [0.2, 0.25) is 0 Å². The quantitative estimate of drug-likeness (QED) is 0.620. The Morgan fingerprint density at radius 3 is 2.76 bits per heavy atom. The summed E-state index contributed by atoms with van der Waals surface area (Å²) in [5.41, 5.74) is 4.94. The van der Waals surface area contributed by atoms with E-state index in [1.54, 1.807) is 12.4 Å². The maximum atomic E-state index is 4.60. The van der Waals surface area contributed by atoms with Gasteiger partial charge < -0.3 is 5.32 Å². The second-order valence-electron chi connectivity index (χ2n) is 6.67. The van der Waals surface area contributed by atoms with Crippen molar-refractivity contribution in [3.8, 4) is 11.1 Å². The van der Waals surface area contributed by atoms with Gasteiger partial charge >= 0.3 is 0 Å². The first-order chi connectivity index (χ1) is 12.3. The second-order valence-corrected chi connectivity index (χ2v) is 6.67. The summed E-state index contributed by atoms with van der Waals surface area (Å²) in [5, 5.41) is 8.01. The Morgan fingerprint density at radius 2 is 1.92 bits per heavy atom. The first-order valence-electron chi connectivity index (χ1n) is 8.60. The van der Waals surface area contributed by atoms with Crippen LogP contribution in [0, 0.1) is 5.92 Å². The zero-order valence-electron chi connectivity index (χ0n) is 13.9. The van der Waals surface area contributed by atoms with Crippen molar-refractivity contribution in [2.45, 2.75) is 25.8 Å². The van der Waals surface area contributed by atoms with E-state index in [-0.39, 0.29) is 0 Å². The summed E-state index contributed by atoms with van der Waals surface area (Å²) in [6.45, 7) is 2.20. The van der Waals surface area contributed by atoms with E-state index >= 15 is 0 Å². The maximum absolute atomic E-state index is 4.60. The molecule has 5 rings (SSSR count). The monoisotopic (exact) mass is 330 g/mol. The van der Waals surface area contributed by atoms with Crippen LogP contribution in [0.3, 0.4) is 0 Å². The van der Waals surface area contributed by atoms with Crippen LogP contribution in [0.15, 0.2) is 49.1 Å². The predicted molar refractivity (Wildman–Crippen MR) is 97.3 cm³/mol. The van der Waals surface area contributed by atoms with E-state index in [2.05, 4.69) is 50.5 Å². The number of nitrogens with one attached hydrogen (secondary N) is 1. The van der Waals surface area contributed by atoms with Crippen molar-refractivity contribution in [3.05, 3.63) is 49.1 Å². The van der Waals surface area contributed by atoms with Crippen LogP contribution in [0.5, 0.6) is 0 Å². The molecule has 0 radical (unpaired) electrons. The molecule has 1 aliphatic carbocycles. The van der Waals surface area contributed by atoms with E-state index in [0.29, 0.717) is 12.0 Å². The first-order valence-corrected chi connectivity index (χ1v) is 8.60. The van der Waals surface area contributed by atoms with Crippen molar-refractivity contribution in [2.24, 2.45) is 5.92 Å². The Hall–Kier alpha value is -3.02. The Morgan fingerprint density at radius 1 is 1.08 bits per heavy atom. The second kappa shape index (κ2) is 5.51. The summed E-state index contributed by atoms with van der Waals surface area (Å²) >= 11 is 0. The van der Waals surface area contributed by atoms with Gasteiger partial charge in [-0.1, -0.05) is 6.07 Å². The number of aromatic nitrogens is 5. The topological polar surface area (TPSA) is 68.0 Å². The molecule has 3 aromatic heterocycles. The Labute approximate surface area is 145 Å². The van der Waals surface area contributed by atoms with Gasteiger partial charge in [-0.3, -0.25) is 9.97 Å². The largest absolute Gasteiger partial charge is 0.350 e. The van der Waals surface area contributed by atoms with Gasteiger partial charge in [-0.15, -0.1) is 5.10 Å². The SMILES string of the molecule is CC(Nc1ncc2c(-c3ccc4nccnc4c3)ccn2n1)C1CC1. The van der Waals surface area contributed by atoms with Gasteiger partial charge in [-0.05, 0) is 49.4 Å². The molecule has 6 nitrogen and oxygen atoms in total. The molecule has 1 N–H and O–H groups in total. The molecular weight excluding hydrogens is 312 g/mol. The fraction of sp³-hybridized carbons (Fsp3) is 0.263. The lowest BCUT2D eigenvalue weighted by Gasteiger charge is -2.12. The molecule has 1 saturated carbocycles. The lowest BCUT2D eigenvalue weighted by atomic mass is 10.1. The highest BCUT2D eigenvalue weighted by molar-refractivity contribution is 5.86. The van der Waals surface area contributed by atoms with Crippen LogP contribution >= 0.6 is 0 Å². The fourth-order valence-corrected chi connectivity index (χ4v) is 3.26. The molecule has 4 aromatic rings. The zero-order chi connectivity index (χ0) is 16.8. The summed E-state index contributed by atoms with van der Waals surface area (Å²) in [6, 6.07) is 8.60. The van der Waals surface area contributed by atoms with Crippen molar-refractivity contribution in [3.63, 3.8) is 0 Å². The highest BCUT2D eigenvalue weighted by atomic mass is 15.3. The lowest BCUT2D eigenvalue weighted by molar-refractivity contribution is 0.681. The van der Waals surface area contributed by atoms with E-state index in [1.165, 1.54) is 12.8 Å². The number of fused-ring (bicyclic) bond motifs is 2. The summed E-state index contributed by atoms with van der Waals surface area (Å²) in [7, 11) is 0. The highest BCUT2D eigenvalue weighted by Crippen LogP contribution is 2.33. The first kappa shape index (κ1) is 14.3. The molecule has 0 aliphatic heterocycles. The van der Waals surface area contributed by atoms with Crippen molar-refractivity contribution in [1.82, 2.24) is 24.6 Å². The van der Waals surface area contributed by atoms with Gasteiger partial charge in [0.1, 0.15) is 0 Å². The average molecular weight is 330 g/mol. The van der Waals surface area contributed by atoms with Crippen molar-refractivity contribution in [2.75, 3.05) is 5.32 Å². The Kier molecular flexibility index (Phi) is 3.16. The molecule has 0 saturated heterocycles. The maximum Gasteiger partial charge on any atom is 0.241 e. The van der Waals surface area contributed by atoms with Gasteiger partial charge in [0.15, 0.2) is 0 Å². The van der Waals surface area contributed by atoms with E-state index in [0.717, 1.165) is 33.6 Å². The molecule has 1 fully saturated rings. The molecule has 1 unspecified atom stereocenters. The van der Waals surface area contributed by atoms with Crippen LogP contribution in [0.25, 0.3) is 27.7 Å². The number of anilines is 1. The molecule has 124 valence electrons. The van der Waals surface area contributed by atoms with Gasteiger partial charge in [0.2, 0.25) is 5.95 Å². The van der Waals surface area contributed by atoms with Crippen LogP contribution in [0.4, 0.5) is 5.95 Å². The van der Waals surface area contributed by atoms with Crippen molar-refractivity contribution >= 4 is 22.5 Å². The predicted octanol–water partition coefficient (Wildman–Crippen LogP) is 3.55. The third-order valence-corrected chi connectivity index (χ3v) is 4.88. The Balaban J connectivity index is 1.52. The number of nitrogens with zero attached hydrogens (tertiary/aromatic N) is 5. The van der Waals surface area contributed by atoms with Crippen LogP contribution in [-0.4, -0.2) is 30.6 Å². The van der Waals surface area contributed by atoms with E-state index < -0.39 is 0 Å². The van der Waals surface area contributed by atoms with E-state index in [1.807, 2.05) is 23.0 Å². The number of rotatable bonds is 4. The number of benzene rings is 1. The molecule has 0 spiro atoms. The molecule has 3 heterocycles. The zero-order valence-corrected chi connectivity index (χ0v) is 13.9. The van der Waals surface area contributed by atoms with Crippen molar-refractivity contribution < 1.29 is 0 Å². The Bertz CT molecular complexity index is 1070. The summed E-state index contributed by atoms with van der Waals surface area (Å²) in [4.78, 5) is 13.2. The van der Waals surface area contributed by atoms with Gasteiger partial charge in [0, 0.05) is 30.2 Å². The van der Waals surface area contributed by atoms with Gasteiger partial charge in [-0.2, -0.15) is 0 Å². The molecule has 0 bridgehead atoms. The third-order valence-electron chi connectivity index (χ3n) is 4.88. The van der Waals surface area contributed by atoms with Gasteiger partial charge in [-0.25, -0.2) is 9.50 Å². The summed E-state index contributed by atoms with van der Waals surface area (Å²) < 4.78 is 1.88. The standard InChI is InChI=1S/C19H18N6/c1-12(13-2-3-13)23-19-22-11-18-15(6-9-25(18)24-19)14-4-5-16-17(10-14)21-8-7-20-16/h4-13H,2-3H2,1H3,(H,23,24). The van der Waals surface area contributed by atoms with Crippen LogP contribution < -0.4 is 5.32 Å². The summed E-state index contributed by atoms with van der Waals surface area (Å²) in [5.74, 6) is 1.44. The van der Waals surface area contributed by atoms with E-state index in [4.69, 9.17) is 0 Å². The minimum absolute atomic E-state index is 0.423. The molecule has 25 heavy (non-hydrogen) atoms. The number of hydrogen-bond donors (Lipinski definition) is 1. The molecule has 1 aliphatic rings. The van der Waals surface area contributed by atoms with Crippen LogP contribution in [0.1, 0.15) is 19.8 Å².